The van der Waals surface area contributed by atoms with Crippen LogP contribution in [0.15, 0.2) is 35.0 Å². The second-order valence-corrected chi connectivity index (χ2v) is 5.57. The maximum atomic E-state index is 13.7. The van der Waals surface area contributed by atoms with Gasteiger partial charge in [-0.2, -0.15) is 11.3 Å². The fraction of sp³-hybridized carbons (Fsp3) is 0.375. The molecule has 0 aliphatic rings. The first-order valence-electron chi connectivity index (χ1n) is 6.71. The lowest BCUT2D eigenvalue weighted by Crippen LogP contribution is -2.21. The molecule has 0 saturated carbocycles. The van der Waals surface area contributed by atoms with Crippen LogP contribution in [0.3, 0.4) is 0 Å². The Balaban J connectivity index is 2.07. The van der Waals surface area contributed by atoms with Crippen LogP contribution in [-0.4, -0.2) is 6.54 Å². The minimum Gasteiger partial charge on any atom is -0.310 e. The topological polar surface area (TPSA) is 12.0 Å². The molecule has 1 nitrogen and oxygen atoms in total. The van der Waals surface area contributed by atoms with E-state index in [1.165, 1.54) is 5.56 Å². The van der Waals surface area contributed by atoms with Gasteiger partial charge in [-0.25, -0.2) is 4.39 Å². The molecular weight excluding hydrogens is 257 g/mol. The minimum atomic E-state index is -0.115. The molecule has 1 atom stereocenters. The van der Waals surface area contributed by atoms with Crippen molar-refractivity contribution in [2.45, 2.75) is 32.7 Å². The highest BCUT2D eigenvalue weighted by molar-refractivity contribution is 7.07. The average molecular weight is 277 g/mol. The maximum Gasteiger partial charge on any atom is 0.126 e. The van der Waals surface area contributed by atoms with Gasteiger partial charge >= 0.3 is 0 Å². The molecule has 0 spiro atoms. The number of thiophene rings is 1. The van der Waals surface area contributed by atoms with Crippen LogP contribution in [0.2, 0.25) is 0 Å². The molecule has 1 N–H and O–H groups in total. The predicted octanol–water partition coefficient (Wildman–Crippen LogP) is 4.48. The zero-order chi connectivity index (χ0) is 13.7. The number of aryl methyl sites for hydroxylation is 2. The van der Waals surface area contributed by atoms with Crippen LogP contribution in [0, 0.1) is 12.7 Å². The minimum absolute atomic E-state index is 0.115. The van der Waals surface area contributed by atoms with Crippen LogP contribution >= 0.6 is 11.3 Å². The molecule has 102 valence electrons. The number of rotatable bonds is 6. The van der Waals surface area contributed by atoms with Crippen molar-refractivity contribution >= 4 is 11.3 Å². The number of halogens is 1. The summed E-state index contributed by atoms with van der Waals surface area (Å²) in [7, 11) is 0. The van der Waals surface area contributed by atoms with Gasteiger partial charge < -0.3 is 5.32 Å². The Morgan fingerprint density at radius 2 is 2.16 bits per heavy atom. The molecule has 0 aliphatic heterocycles. The van der Waals surface area contributed by atoms with Gasteiger partial charge in [0.15, 0.2) is 0 Å². The van der Waals surface area contributed by atoms with E-state index in [2.05, 4.69) is 29.1 Å². The molecule has 1 aromatic carbocycles. The zero-order valence-electron chi connectivity index (χ0n) is 11.4. The quantitative estimate of drug-likeness (QED) is 0.821. The molecule has 19 heavy (non-hydrogen) atoms. The van der Waals surface area contributed by atoms with Gasteiger partial charge in [0.1, 0.15) is 5.82 Å². The molecular formula is C16H20FNS. The summed E-state index contributed by atoms with van der Waals surface area (Å²) >= 11 is 1.72. The number of hydrogen-bond acceptors (Lipinski definition) is 2. The highest BCUT2D eigenvalue weighted by Crippen LogP contribution is 2.22. The standard InChI is InChI=1S/C16H20FNS/c1-3-18-16(7-5-13-8-9-19-11-13)14-6-4-12(2)15(17)10-14/h4,6,8-11,16,18H,3,5,7H2,1-2H3. The first kappa shape index (κ1) is 14.2. The third-order valence-corrected chi connectivity index (χ3v) is 4.08. The lowest BCUT2D eigenvalue weighted by Gasteiger charge is -2.18. The van der Waals surface area contributed by atoms with E-state index in [-0.39, 0.29) is 11.9 Å². The van der Waals surface area contributed by atoms with Crippen LogP contribution < -0.4 is 5.32 Å². The summed E-state index contributed by atoms with van der Waals surface area (Å²) in [6.45, 7) is 4.78. The fourth-order valence-electron chi connectivity index (χ4n) is 2.20. The third-order valence-electron chi connectivity index (χ3n) is 3.35. The monoisotopic (exact) mass is 277 g/mol. The summed E-state index contributed by atoms with van der Waals surface area (Å²) in [5.74, 6) is -0.115. The normalized spacial score (nSPS) is 12.6. The van der Waals surface area contributed by atoms with Crippen molar-refractivity contribution in [2.75, 3.05) is 6.54 Å². The van der Waals surface area contributed by atoms with Crippen LogP contribution in [0.5, 0.6) is 0 Å². The smallest absolute Gasteiger partial charge is 0.126 e. The molecule has 0 aliphatic carbocycles. The summed E-state index contributed by atoms with van der Waals surface area (Å²) in [6.07, 6.45) is 2.02. The van der Waals surface area contributed by atoms with Crippen LogP contribution in [0.1, 0.15) is 36.1 Å². The van der Waals surface area contributed by atoms with E-state index in [1.807, 2.05) is 12.1 Å². The predicted molar refractivity (Wildman–Crippen MR) is 80.2 cm³/mol. The Labute approximate surface area is 118 Å². The first-order chi connectivity index (χ1) is 9.20. The number of benzene rings is 1. The average Bonchev–Trinajstić information content (AvgIpc) is 2.91. The molecule has 0 radical (unpaired) electrons. The van der Waals surface area contributed by atoms with Gasteiger partial charge in [-0.15, -0.1) is 0 Å². The largest absolute Gasteiger partial charge is 0.310 e. The SMILES string of the molecule is CCNC(CCc1ccsc1)c1ccc(C)c(F)c1. The maximum absolute atomic E-state index is 13.7. The van der Waals surface area contributed by atoms with Gasteiger partial charge in [0.2, 0.25) is 0 Å². The molecule has 1 aromatic heterocycles. The first-order valence-corrected chi connectivity index (χ1v) is 7.65. The summed E-state index contributed by atoms with van der Waals surface area (Å²) in [5.41, 5.74) is 3.11. The molecule has 3 heteroatoms. The highest BCUT2D eigenvalue weighted by atomic mass is 32.1. The molecule has 2 rings (SSSR count). The Bertz CT molecular complexity index is 507. The van der Waals surface area contributed by atoms with E-state index < -0.39 is 0 Å². The van der Waals surface area contributed by atoms with Gasteiger partial charge in [0.25, 0.3) is 0 Å². The van der Waals surface area contributed by atoms with E-state index in [0.717, 1.165) is 24.9 Å². The summed E-state index contributed by atoms with van der Waals surface area (Å²) in [4.78, 5) is 0. The zero-order valence-corrected chi connectivity index (χ0v) is 12.3. The number of hydrogen-bond donors (Lipinski definition) is 1. The van der Waals surface area contributed by atoms with E-state index in [0.29, 0.717) is 5.56 Å². The molecule has 2 aromatic rings. The van der Waals surface area contributed by atoms with Crippen LogP contribution in [-0.2, 0) is 6.42 Å². The Morgan fingerprint density at radius 3 is 2.79 bits per heavy atom. The lowest BCUT2D eigenvalue weighted by atomic mass is 9.99. The van der Waals surface area contributed by atoms with E-state index in [9.17, 15) is 4.39 Å². The molecule has 1 heterocycles. The molecule has 0 fully saturated rings. The van der Waals surface area contributed by atoms with Crippen molar-refractivity contribution in [1.82, 2.24) is 5.32 Å². The third kappa shape index (κ3) is 3.88. The summed E-state index contributed by atoms with van der Waals surface area (Å²) < 4.78 is 13.7. The van der Waals surface area contributed by atoms with Gasteiger partial charge in [0.05, 0.1) is 0 Å². The Hall–Kier alpha value is -1.19. The van der Waals surface area contributed by atoms with E-state index in [1.54, 1.807) is 24.3 Å². The van der Waals surface area contributed by atoms with Gasteiger partial charge in [-0.1, -0.05) is 19.1 Å². The van der Waals surface area contributed by atoms with Crippen molar-refractivity contribution in [2.24, 2.45) is 0 Å². The molecule has 0 saturated heterocycles. The van der Waals surface area contributed by atoms with Crippen molar-refractivity contribution in [1.29, 1.82) is 0 Å². The second kappa shape index (κ2) is 6.83. The fourth-order valence-corrected chi connectivity index (χ4v) is 2.91. The van der Waals surface area contributed by atoms with E-state index >= 15 is 0 Å². The summed E-state index contributed by atoms with van der Waals surface area (Å²) in [5, 5.41) is 7.72. The van der Waals surface area contributed by atoms with Gasteiger partial charge in [0, 0.05) is 6.04 Å². The van der Waals surface area contributed by atoms with Crippen molar-refractivity contribution in [3.05, 3.63) is 57.5 Å². The Morgan fingerprint density at radius 1 is 1.32 bits per heavy atom. The Kier molecular flexibility index (Phi) is 5.11. The van der Waals surface area contributed by atoms with Crippen molar-refractivity contribution in [3.63, 3.8) is 0 Å². The van der Waals surface area contributed by atoms with Gasteiger partial charge in [-0.05, 0) is 65.9 Å². The second-order valence-electron chi connectivity index (χ2n) is 4.79. The molecule has 0 amide bonds. The molecule has 0 bridgehead atoms. The molecule has 1 unspecified atom stereocenters. The van der Waals surface area contributed by atoms with Crippen LogP contribution in [0.25, 0.3) is 0 Å². The van der Waals surface area contributed by atoms with Crippen molar-refractivity contribution in [3.8, 4) is 0 Å². The lowest BCUT2D eigenvalue weighted by molar-refractivity contribution is 0.510. The van der Waals surface area contributed by atoms with Crippen LogP contribution in [0.4, 0.5) is 4.39 Å². The van der Waals surface area contributed by atoms with E-state index in [4.69, 9.17) is 0 Å². The highest BCUT2D eigenvalue weighted by Gasteiger charge is 2.12. The number of nitrogens with one attached hydrogen (secondary N) is 1. The van der Waals surface area contributed by atoms with Crippen molar-refractivity contribution < 1.29 is 4.39 Å². The van der Waals surface area contributed by atoms with Gasteiger partial charge in [-0.3, -0.25) is 0 Å². The summed E-state index contributed by atoms with van der Waals surface area (Å²) in [6, 6.07) is 7.93.